The second kappa shape index (κ2) is 9.20. The van der Waals surface area contributed by atoms with Crippen molar-refractivity contribution < 1.29 is 0 Å². The van der Waals surface area contributed by atoms with E-state index in [2.05, 4.69) is 36.6 Å². The Morgan fingerprint density at radius 1 is 1.00 bits per heavy atom. The number of benzene rings is 1. The average Bonchev–Trinajstić information content (AvgIpc) is 2.39. The second-order valence-electron chi connectivity index (χ2n) is 4.69. The topological polar surface area (TPSA) is 38.0 Å². The zero-order chi connectivity index (χ0) is 12.3. The minimum atomic E-state index is 0.308. The molecule has 1 aromatic carbocycles. The third-order valence-electron chi connectivity index (χ3n) is 3.25. The van der Waals surface area contributed by atoms with E-state index >= 15 is 0 Å². The summed E-state index contributed by atoms with van der Waals surface area (Å²) in [4.78, 5) is 0. The Morgan fingerprint density at radius 2 is 1.65 bits per heavy atom. The van der Waals surface area contributed by atoms with Crippen LogP contribution in [0.5, 0.6) is 0 Å². The molecule has 2 nitrogen and oxygen atoms in total. The predicted octanol–water partition coefficient (Wildman–Crippen LogP) is 3.94. The standard InChI is InChI=1S/C15H26N2/c1-2-3-4-5-6-10-13-15(17-16)14-11-8-7-9-12-14/h7-9,11-12,15,17H,2-6,10,13,16H2,1H3/t15-/m1/s1. The van der Waals surface area contributed by atoms with Crippen LogP contribution in [0.15, 0.2) is 30.3 Å². The molecule has 0 heterocycles. The van der Waals surface area contributed by atoms with Crippen molar-refractivity contribution in [2.24, 2.45) is 5.84 Å². The number of nitrogens with two attached hydrogens (primary N) is 1. The molecular formula is C15H26N2. The third kappa shape index (κ3) is 5.85. The molecule has 3 N–H and O–H groups in total. The van der Waals surface area contributed by atoms with Gasteiger partial charge in [0.15, 0.2) is 0 Å². The summed E-state index contributed by atoms with van der Waals surface area (Å²) in [6.45, 7) is 2.25. The average molecular weight is 234 g/mol. The van der Waals surface area contributed by atoms with E-state index in [1.54, 1.807) is 0 Å². The first-order valence-electron chi connectivity index (χ1n) is 6.89. The Bertz CT molecular complexity index is 272. The zero-order valence-corrected chi connectivity index (χ0v) is 11.0. The van der Waals surface area contributed by atoms with Gasteiger partial charge in [-0.1, -0.05) is 75.8 Å². The normalized spacial score (nSPS) is 12.6. The molecule has 0 radical (unpaired) electrons. The van der Waals surface area contributed by atoms with Gasteiger partial charge in [-0.25, -0.2) is 0 Å². The lowest BCUT2D eigenvalue weighted by molar-refractivity contribution is 0.477. The summed E-state index contributed by atoms with van der Waals surface area (Å²) >= 11 is 0. The Labute approximate surface area is 106 Å². The van der Waals surface area contributed by atoms with E-state index in [1.807, 2.05) is 6.07 Å². The number of nitrogens with one attached hydrogen (secondary N) is 1. The van der Waals surface area contributed by atoms with Gasteiger partial charge in [0.2, 0.25) is 0 Å². The van der Waals surface area contributed by atoms with Gasteiger partial charge >= 0.3 is 0 Å². The molecule has 0 aliphatic rings. The number of hydrazine groups is 1. The molecule has 0 saturated heterocycles. The first-order chi connectivity index (χ1) is 8.38. The van der Waals surface area contributed by atoms with Crippen LogP contribution in [0, 0.1) is 0 Å². The molecule has 0 aromatic heterocycles. The van der Waals surface area contributed by atoms with Crippen molar-refractivity contribution >= 4 is 0 Å². The van der Waals surface area contributed by atoms with Crippen LogP contribution in [0.25, 0.3) is 0 Å². The molecule has 1 rings (SSSR count). The third-order valence-corrected chi connectivity index (χ3v) is 3.25. The van der Waals surface area contributed by atoms with E-state index in [1.165, 1.54) is 44.1 Å². The molecule has 0 aliphatic carbocycles. The summed E-state index contributed by atoms with van der Waals surface area (Å²) in [7, 11) is 0. The number of hydrogen-bond acceptors (Lipinski definition) is 2. The Morgan fingerprint density at radius 3 is 2.29 bits per heavy atom. The highest BCUT2D eigenvalue weighted by molar-refractivity contribution is 5.18. The first kappa shape index (κ1) is 14.2. The van der Waals surface area contributed by atoms with Gasteiger partial charge in [-0.2, -0.15) is 0 Å². The van der Waals surface area contributed by atoms with Crippen LogP contribution in [0.1, 0.15) is 63.5 Å². The minimum Gasteiger partial charge on any atom is -0.271 e. The van der Waals surface area contributed by atoms with E-state index in [4.69, 9.17) is 5.84 Å². The van der Waals surface area contributed by atoms with Crippen molar-refractivity contribution in [1.82, 2.24) is 5.43 Å². The fourth-order valence-corrected chi connectivity index (χ4v) is 2.16. The van der Waals surface area contributed by atoms with Crippen molar-refractivity contribution in [1.29, 1.82) is 0 Å². The smallest absolute Gasteiger partial charge is 0.0460 e. The zero-order valence-electron chi connectivity index (χ0n) is 11.0. The van der Waals surface area contributed by atoms with Gasteiger partial charge in [0, 0.05) is 6.04 Å². The van der Waals surface area contributed by atoms with Crippen molar-refractivity contribution in [3.8, 4) is 0 Å². The van der Waals surface area contributed by atoms with Crippen LogP contribution in [-0.4, -0.2) is 0 Å². The highest BCUT2D eigenvalue weighted by Crippen LogP contribution is 2.19. The van der Waals surface area contributed by atoms with Crippen LogP contribution in [0.4, 0.5) is 0 Å². The van der Waals surface area contributed by atoms with Gasteiger partial charge in [0.25, 0.3) is 0 Å². The Balaban J connectivity index is 2.20. The van der Waals surface area contributed by atoms with Gasteiger partial charge < -0.3 is 0 Å². The molecule has 0 amide bonds. The first-order valence-corrected chi connectivity index (χ1v) is 6.89. The van der Waals surface area contributed by atoms with Crippen molar-refractivity contribution in [3.05, 3.63) is 35.9 Å². The molecule has 0 saturated carbocycles. The molecule has 0 spiro atoms. The summed E-state index contributed by atoms with van der Waals surface area (Å²) in [6, 6.07) is 10.8. The Hall–Kier alpha value is -0.860. The van der Waals surface area contributed by atoms with Gasteiger partial charge in [-0.15, -0.1) is 0 Å². The second-order valence-corrected chi connectivity index (χ2v) is 4.69. The summed E-state index contributed by atoms with van der Waals surface area (Å²) in [5.41, 5.74) is 4.22. The number of unbranched alkanes of at least 4 members (excludes halogenated alkanes) is 5. The van der Waals surface area contributed by atoms with Crippen molar-refractivity contribution in [3.63, 3.8) is 0 Å². The molecular weight excluding hydrogens is 208 g/mol. The summed E-state index contributed by atoms with van der Waals surface area (Å²) in [5, 5.41) is 0. The van der Waals surface area contributed by atoms with Gasteiger partial charge in [-0.3, -0.25) is 11.3 Å². The van der Waals surface area contributed by atoms with Crippen LogP contribution in [0.3, 0.4) is 0 Å². The molecule has 17 heavy (non-hydrogen) atoms. The Kier molecular flexibility index (Phi) is 7.69. The maximum absolute atomic E-state index is 5.62. The highest BCUT2D eigenvalue weighted by Gasteiger charge is 2.07. The molecule has 0 fully saturated rings. The molecule has 0 unspecified atom stereocenters. The SMILES string of the molecule is CCCCCCCC[C@@H](NN)c1ccccc1. The van der Waals surface area contributed by atoms with Gasteiger partial charge in [0.05, 0.1) is 0 Å². The molecule has 1 aromatic rings. The van der Waals surface area contributed by atoms with E-state index in [9.17, 15) is 0 Å². The van der Waals surface area contributed by atoms with Crippen molar-refractivity contribution in [2.75, 3.05) is 0 Å². The monoisotopic (exact) mass is 234 g/mol. The van der Waals surface area contributed by atoms with E-state index in [0.29, 0.717) is 6.04 Å². The molecule has 0 aliphatic heterocycles. The summed E-state index contributed by atoms with van der Waals surface area (Å²) in [5.74, 6) is 5.62. The molecule has 2 heteroatoms. The van der Waals surface area contributed by atoms with Gasteiger partial charge in [0.1, 0.15) is 0 Å². The summed E-state index contributed by atoms with van der Waals surface area (Å²) < 4.78 is 0. The number of hydrogen-bond donors (Lipinski definition) is 2. The van der Waals surface area contributed by atoms with Crippen molar-refractivity contribution in [2.45, 2.75) is 57.9 Å². The predicted molar refractivity (Wildman–Crippen MR) is 74.5 cm³/mol. The number of rotatable bonds is 9. The molecule has 96 valence electrons. The lowest BCUT2D eigenvalue weighted by Gasteiger charge is -2.16. The molecule has 1 atom stereocenters. The fourth-order valence-electron chi connectivity index (χ4n) is 2.16. The van der Waals surface area contributed by atoms with E-state index in [-0.39, 0.29) is 0 Å². The van der Waals surface area contributed by atoms with E-state index in [0.717, 1.165) is 6.42 Å². The minimum absolute atomic E-state index is 0.308. The highest BCUT2D eigenvalue weighted by atomic mass is 15.2. The van der Waals surface area contributed by atoms with Crippen LogP contribution < -0.4 is 11.3 Å². The lowest BCUT2D eigenvalue weighted by atomic mass is 10.0. The lowest BCUT2D eigenvalue weighted by Crippen LogP contribution is -2.27. The van der Waals surface area contributed by atoms with Crippen LogP contribution in [0.2, 0.25) is 0 Å². The maximum Gasteiger partial charge on any atom is 0.0460 e. The maximum atomic E-state index is 5.62. The largest absolute Gasteiger partial charge is 0.271 e. The van der Waals surface area contributed by atoms with Crippen LogP contribution >= 0.6 is 0 Å². The fraction of sp³-hybridized carbons (Fsp3) is 0.600. The van der Waals surface area contributed by atoms with Gasteiger partial charge in [-0.05, 0) is 12.0 Å². The van der Waals surface area contributed by atoms with E-state index < -0.39 is 0 Å². The summed E-state index contributed by atoms with van der Waals surface area (Å²) in [6.07, 6.45) is 9.14. The van der Waals surface area contributed by atoms with Crippen LogP contribution in [-0.2, 0) is 0 Å². The quantitative estimate of drug-likeness (QED) is 0.386. The molecule has 0 bridgehead atoms.